The third-order valence-electron chi connectivity index (χ3n) is 4.72. The normalized spacial score (nSPS) is 24.0. The van der Waals surface area contributed by atoms with Crippen molar-refractivity contribution in [2.75, 3.05) is 24.5 Å². The summed E-state index contributed by atoms with van der Waals surface area (Å²) in [5.41, 5.74) is 2.15. The molecule has 5 nitrogen and oxygen atoms in total. The van der Waals surface area contributed by atoms with Crippen LogP contribution in [0.4, 0.5) is 5.69 Å². The molecule has 1 aromatic carbocycles. The van der Waals surface area contributed by atoms with E-state index in [2.05, 4.69) is 19.9 Å². The second kappa shape index (κ2) is 5.63. The SMILES string of the molecule is CC(C)c1ccccc1N1CC(C(=O)O)C1C(=O)N1CCC1. The van der Waals surface area contributed by atoms with Gasteiger partial charge in [-0.3, -0.25) is 9.59 Å². The molecule has 2 saturated heterocycles. The van der Waals surface area contributed by atoms with Crippen molar-refractivity contribution in [3.63, 3.8) is 0 Å². The molecule has 2 aliphatic rings. The van der Waals surface area contributed by atoms with Crippen LogP contribution in [0.5, 0.6) is 0 Å². The molecule has 2 fully saturated rings. The predicted molar refractivity (Wildman–Crippen MR) is 84.0 cm³/mol. The lowest BCUT2D eigenvalue weighted by atomic mass is 9.84. The lowest BCUT2D eigenvalue weighted by molar-refractivity contribution is -0.151. The number of anilines is 1. The fourth-order valence-electron chi connectivity index (χ4n) is 3.23. The van der Waals surface area contributed by atoms with Crippen molar-refractivity contribution in [3.8, 4) is 0 Å². The van der Waals surface area contributed by atoms with Gasteiger partial charge in [0, 0.05) is 25.3 Å². The molecule has 1 amide bonds. The average molecular weight is 302 g/mol. The van der Waals surface area contributed by atoms with Gasteiger partial charge >= 0.3 is 5.97 Å². The number of carbonyl (C=O) groups is 2. The van der Waals surface area contributed by atoms with E-state index in [4.69, 9.17) is 0 Å². The fraction of sp³-hybridized carbons (Fsp3) is 0.529. The van der Waals surface area contributed by atoms with Crippen LogP contribution in [0.2, 0.25) is 0 Å². The summed E-state index contributed by atoms with van der Waals surface area (Å²) in [4.78, 5) is 27.8. The van der Waals surface area contributed by atoms with E-state index >= 15 is 0 Å². The Hall–Kier alpha value is -2.04. The highest BCUT2D eigenvalue weighted by Crippen LogP contribution is 2.37. The van der Waals surface area contributed by atoms with Crippen molar-refractivity contribution in [3.05, 3.63) is 29.8 Å². The summed E-state index contributed by atoms with van der Waals surface area (Å²) in [5.74, 6) is -1.19. The van der Waals surface area contributed by atoms with Crippen LogP contribution in [0, 0.1) is 5.92 Å². The number of rotatable bonds is 4. The van der Waals surface area contributed by atoms with Gasteiger partial charge in [0.2, 0.25) is 5.91 Å². The first kappa shape index (κ1) is 14.9. The van der Waals surface area contributed by atoms with Crippen LogP contribution in [0.3, 0.4) is 0 Å². The quantitative estimate of drug-likeness (QED) is 0.923. The monoisotopic (exact) mass is 302 g/mol. The van der Waals surface area contributed by atoms with Gasteiger partial charge < -0.3 is 14.9 Å². The van der Waals surface area contributed by atoms with Gasteiger partial charge in [0.15, 0.2) is 0 Å². The molecule has 3 rings (SSSR count). The molecule has 2 atom stereocenters. The minimum atomic E-state index is -0.878. The molecule has 0 bridgehead atoms. The maximum atomic E-state index is 12.6. The number of para-hydroxylation sites is 1. The molecule has 0 radical (unpaired) electrons. The first-order valence-electron chi connectivity index (χ1n) is 7.88. The zero-order valence-corrected chi connectivity index (χ0v) is 13.0. The number of carboxylic acids is 1. The van der Waals surface area contributed by atoms with Crippen LogP contribution >= 0.6 is 0 Å². The Morgan fingerprint density at radius 3 is 2.45 bits per heavy atom. The number of nitrogens with zero attached hydrogens (tertiary/aromatic N) is 2. The van der Waals surface area contributed by atoms with Gasteiger partial charge in [0.05, 0.1) is 0 Å². The van der Waals surface area contributed by atoms with E-state index in [1.807, 2.05) is 23.1 Å². The Balaban J connectivity index is 1.90. The molecule has 22 heavy (non-hydrogen) atoms. The number of hydrogen-bond acceptors (Lipinski definition) is 3. The lowest BCUT2D eigenvalue weighted by Gasteiger charge is -2.50. The number of aliphatic carboxylic acids is 1. The van der Waals surface area contributed by atoms with Gasteiger partial charge in [0.25, 0.3) is 0 Å². The largest absolute Gasteiger partial charge is 0.481 e. The van der Waals surface area contributed by atoms with E-state index in [1.54, 1.807) is 4.90 Å². The van der Waals surface area contributed by atoms with Gasteiger partial charge in [-0.15, -0.1) is 0 Å². The smallest absolute Gasteiger partial charge is 0.310 e. The van der Waals surface area contributed by atoms with E-state index in [9.17, 15) is 14.7 Å². The Bertz CT molecular complexity index is 595. The number of carbonyl (C=O) groups excluding carboxylic acids is 1. The van der Waals surface area contributed by atoms with Crippen molar-refractivity contribution in [2.45, 2.75) is 32.2 Å². The summed E-state index contributed by atoms with van der Waals surface area (Å²) in [6.07, 6.45) is 1.01. The minimum Gasteiger partial charge on any atom is -0.481 e. The zero-order chi connectivity index (χ0) is 15.9. The van der Waals surface area contributed by atoms with Crippen molar-refractivity contribution < 1.29 is 14.7 Å². The zero-order valence-electron chi connectivity index (χ0n) is 13.0. The topological polar surface area (TPSA) is 60.9 Å². The summed E-state index contributed by atoms with van der Waals surface area (Å²) in [6, 6.07) is 7.42. The molecule has 0 aromatic heterocycles. The second-order valence-corrected chi connectivity index (χ2v) is 6.43. The van der Waals surface area contributed by atoms with E-state index in [-0.39, 0.29) is 5.91 Å². The first-order chi connectivity index (χ1) is 10.5. The standard InChI is InChI=1S/C17H22N2O3/c1-11(2)12-6-3-4-7-14(12)19-10-13(17(21)22)15(19)16(20)18-8-5-9-18/h3-4,6-7,11,13,15H,5,8-10H2,1-2H3,(H,21,22). The molecule has 0 saturated carbocycles. The molecule has 5 heteroatoms. The number of carboxylic acid groups (broad SMARTS) is 1. The second-order valence-electron chi connectivity index (χ2n) is 6.43. The summed E-state index contributed by atoms with van der Waals surface area (Å²) < 4.78 is 0. The summed E-state index contributed by atoms with van der Waals surface area (Å²) in [7, 11) is 0. The summed E-state index contributed by atoms with van der Waals surface area (Å²) >= 11 is 0. The lowest BCUT2D eigenvalue weighted by Crippen LogP contribution is -2.67. The number of amides is 1. The van der Waals surface area contributed by atoms with Gasteiger partial charge in [-0.1, -0.05) is 32.0 Å². The maximum absolute atomic E-state index is 12.6. The third-order valence-corrected chi connectivity index (χ3v) is 4.72. The van der Waals surface area contributed by atoms with Crippen LogP contribution in [-0.4, -0.2) is 47.6 Å². The van der Waals surface area contributed by atoms with Crippen molar-refractivity contribution in [2.24, 2.45) is 5.92 Å². The van der Waals surface area contributed by atoms with Crippen molar-refractivity contribution >= 4 is 17.6 Å². The Morgan fingerprint density at radius 1 is 1.23 bits per heavy atom. The Kier molecular flexibility index (Phi) is 3.81. The Labute approximate surface area is 130 Å². The van der Waals surface area contributed by atoms with E-state index < -0.39 is 17.9 Å². The average Bonchev–Trinajstić information content (AvgIpc) is 2.35. The molecule has 0 spiro atoms. The van der Waals surface area contributed by atoms with Crippen molar-refractivity contribution in [1.29, 1.82) is 0 Å². The van der Waals surface area contributed by atoms with E-state index in [0.29, 0.717) is 12.5 Å². The van der Waals surface area contributed by atoms with Crippen LogP contribution in [-0.2, 0) is 9.59 Å². The number of likely N-dealkylation sites (tertiary alicyclic amines) is 1. The molecule has 2 heterocycles. The van der Waals surface area contributed by atoms with Gasteiger partial charge in [-0.05, 0) is 24.0 Å². The maximum Gasteiger partial charge on any atom is 0.310 e. The minimum absolute atomic E-state index is 0.0385. The van der Waals surface area contributed by atoms with Crippen LogP contribution in [0.25, 0.3) is 0 Å². The molecule has 1 aromatic rings. The van der Waals surface area contributed by atoms with Gasteiger partial charge in [0.1, 0.15) is 12.0 Å². The molecule has 1 N–H and O–H groups in total. The van der Waals surface area contributed by atoms with Crippen molar-refractivity contribution in [1.82, 2.24) is 4.90 Å². The van der Waals surface area contributed by atoms with Crippen LogP contribution in [0.15, 0.2) is 24.3 Å². The highest BCUT2D eigenvalue weighted by atomic mass is 16.4. The summed E-state index contributed by atoms with van der Waals surface area (Å²) in [6.45, 7) is 6.13. The molecule has 0 aliphatic carbocycles. The summed E-state index contributed by atoms with van der Waals surface area (Å²) in [5, 5.41) is 9.37. The molecule has 2 unspecified atom stereocenters. The Morgan fingerprint density at radius 2 is 1.91 bits per heavy atom. The molecular weight excluding hydrogens is 280 g/mol. The fourth-order valence-corrected chi connectivity index (χ4v) is 3.23. The first-order valence-corrected chi connectivity index (χ1v) is 7.88. The highest BCUT2D eigenvalue weighted by Gasteiger charge is 2.50. The predicted octanol–water partition coefficient (Wildman–Crippen LogP) is 1.93. The number of hydrogen-bond donors (Lipinski definition) is 1. The number of benzene rings is 1. The third kappa shape index (κ3) is 2.34. The molecular formula is C17H22N2O3. The highest BCUT2D eigenvalue weighted by molar-refractivity contribution is 5.94. The molecule has 118 valence electrons. The van der Waals surface area contributed by atoms with Crippen LogP contribution in [0.1, 0.15) is 31.7 Å². The van der Waals surface area contributed by atoms with Gasteiger partial charge in [-0.25, -0.2) is 0 Å². The molecule has 2 aliphatic heterocycles. The van der Waals surface area contributed by atoms with E-state index in [1.165, 1.54) is 0 Å². The van der Waals surface area contributed by atoms with Crippen LogP contribution < -0.4 is 4.90 Å². The van der Waals surface area contributed by atoms with Gasteiger partial charge in [-0.2, -0.15) is 0 Å². The van der Waals surface area contributed by atoms with E-state index in [0.717, 1.165) is 30.8 Å².